The second-order valence-electron chi connectivity index (χ2n) is 6.31. The van der Waals surface area contributed by atoms with Gasteiger partial charge in [0.05, 0.1) is 6.20 Å². The number of aromatic nitrogens is 2. The van der Waals surface area contributed by atoms with Crippen LogP contribution >= 0.6 is 0 Å². The minimum atomic E-state index is -0.229. The topological polar surface area (TPSA) is 88.6 Å². The molecule has 2 N–H and O–H groups in total. The highest BCUT2D eigenvalue weighted by Gasteiger charge is 2.22. The van der Waals surface area contributed by atoms with Crippen molar-refractivity contribution in [3.8, 4) is 11.5 Å². The quantitative estimate of drug-likeness (QED) is 0.876. The molecule has 1 saturated heterocycles. The largest absolute Gasteiger partial charge is 0.486 e. The summed E-state index contributed by atoms with van der Waals surface area (Å²) in [5.41, 5.74) is 0.674. The number of carbonyl (C=O) groups excluding carboxylic acids is 1. The molecule has 0 aliphatic carbocycles. The van der Waals surface area contributed by atoms with Crippen molar-refractivity contribution in [2.24, 2.45) is 0 Å². The summed E-state index contributed by atoms with van der Waals surface area (Å²) in [5, 5.41) is 5.90. The van der Waals surface area contributed by atoms with Gasteiger partial charge in [-0.15, -0.1) is 0 Å². The SMILES string of the molecule is O=C(Nc1ccc2c(c1)OCCO2)NC1CCCN(c2cnccn2)C1. The minimum absolute atomic E-state index is 0.0583. The van der Waals surface area contributed by atoms with Crippen LogP contribution in [-0.4, -0.2) is 48.3 Å². The van der Waals surface area contributed by atoms with Crippen LogP contribution in [0.5, 0.6) is 11.5 Å². The number of carbonyl (C=O) groups is 1. The Bertz CT molecular complexity index is 771. The van der Waals surface area contributed by atoms with E-state index in [4.69, 9.17) is 9.47 Å². The van der Waals surface area contributed by atoms with E-state index in [9.17, 15) is 4.79 Å². The van der Waals surface area contributed by atoms with E-state index in [-0.39, 0.29) is 12.1 Å². The van der Waals surface area contributed by atoms with Crippen molar-refractivity contribution in [3.63, 3.8) is 0 Å². The fraction of sp³-hybridized carbons (Fsp3) is 0.389. The van der Waals surface area contributed by atoms with Crippen LogP contribution < -0.4 is 25.0 Å². The number of piperidine rings is 1. The molecule has 2 aliphatic rings. The van der Waals surface area contributed by atoms with Crippen molar-refractivity contribution in [2.45, 2.75) is 18.9 Å². The van der Waals surface area contributed by atoms with Gasteiger partial charge < -0.3 is 25.0 Å². The number of nitrogens with one attached hydrogen (secondary N) is 2. The molecule has 1 unspecified atom stereocenters. The van der Waals surface area contributed by atoms with Crippen molar-refractivity contribution in [3.05, 3.63) is 36.8 Å². The Morgan fingerprint density at radius 2 is 2.08 bits per heavy atom. The molecule has 3 heterocycles. The smallest absolute Gasteiger partial charge is 0.319 e. The molecule has 1 aromatic heterocycles. The monoisotopic (exact) mass is 355 g/mol. The molecule has 1 atom stereocenters. The molecule has 0 spiro atoms. The first-order valence-corrected chi connectivity index (χ1v) is 8.76. The fourth-order valence-electron chi connectivity index (χ4n) is 3.23. The first-order chi connectivity index (χ1) is 12.8. The highest BCUT2D eigenvalue weighted by atomic mass is 16.6. The lowest BCUT2D eigenvalue weighted by molar-refractivity contribution is 0.171. The van der Waals surface area contributed by atoms with Crippen LogP contribution in [0.2, 0.25) is 0 Å². The Morgan fingerprint density at radius 3 is 2.92 bits per heavy atom. The summed E-state index contributed by atoms with van der Waals surface area (Å²) >= 11 is 0. The van der Waals surface area contributed by atoms with Gasteiger partial charge in [0.25, 0.3) is 0 Å². The van der Waals surface area contributed by atoms with Crippen molar-refractivity contribution in [2.75, 3.05) is 36.5 Å². The number of benzene rings is 1. The van der Waals surface area contributed by atoms with Gasteiger partial charge in [0.1, 0.15) is 19.0 Å². The van der Waals surface area contributed by atoms with Crippen LogP contribution in [0.25, 0.3) is 0 Å². The van der Waals surface area contributed by atoms with Crippen LogP contribution in [0.1, 0.15) is 12.8 Å². The predicted molar refractivity (Wildman–Crippen MR) is 96.9 cm³/mol. The summed E-state index contributed by atoms with van der Waals surface area (Å²) in [6.07, 6.45) is 7.01. The maximum Gasteiger partial charge on any atom is 0.319 e. The number of amides is 2. The third-order valence-corrected chi connectivity index (χ3v) is 4.43. The van der Waals surface area contributed by atoms with E-state index >= 15 is 0 Å². The van der Waals surface area contributed by atoms with E-state index < -0.39 is 0 Å². The van der Waals surface area contributed by atoms with Gasteiger partial charge in [-0.05, 0) is 25.0 Å². The molecule has 8 heteroatoms. The van der Waals surface area contributed by atoms with E-state index in [0.717, 1.165) is 25.2 Å². The van der Waals surface area contributed by atoms with Gasteiger partial charge in [0.2, 0.25) is 0 Å². The van der Waals surface area contributed by atoms with Crippen LogP contribution in [0.4, 0.5) is 16.3 Å². The molecular formula is C18H21N5O3. The molecule has 0 saturated carbocycles. The Labute approximate surface area is 151 Å². The zero-order chi connectivity index (χ0) is 17.8. The highest BCUT2D eigenvalue weighted by Crippen LogP contribution is 2.32. The summed E-state index contributed by atoms with van der Waals surface area (Å²) in [6.45, 7) is 2.70. The van der Waals surface area contributed by atoms with E-state index in [1.54, 1.807) is 36.8 Å². The number of hydrogen-bond donors (Lipinski definition) is 2. The van der Waals surface area contributed by atoms with Crippen molar-refractivity contribution >= 4 is 17.5 Å². The first-order valence-electron chi connectivity index (χ1n) is 8.76. The van der Waals surface area contributed by atoms with E-state index in [0.29, 0.717) is 36.9 Å². The van der Waals surface area contributed by atoms with Gasteiger partial charge in [-0.1, -0.05) is 0 Å². The number of rotatable bonds is 3. The van der Waals surface area contributed by atoms with Crippen LogP contribution in [-0.2, 0) is 0 Å². The average molecular weight is 355 g/mol. The molecule has 4 rings (SSSR count). The molecule has 0 radical (unpaired) electrons. The van der Waals surface area contributed by atoms with Crippen molar-refractivity contribution in [1.82, 2.24) is 15.3 Å². The lowest BCUT2D eigenvalue weighted by Gasteiger charge is -2.33. The predicted octanol–water partition coefficient (Wildman–Crippen LogP) is 2.04. The Balaban J connectivity index is 1.34. The lowest BCUT2D eigenvalue weighted by Crippen LogP contribution is -2.49. The number of hydrogen-bond acceptors (Lipinski definition) is 6. The minimum Gasteiger partial charge on any atom is -0.486 e. The molecule has 2 aromatic rings. The first kappa shape index (κ1) is 16.4. The number of fused-ring (bicyclic) bond motifs is 1. The third kappa shape index (κ3) is 3.79. The number of ether oxygens (including phenoxy) is 2. The van der Waals surface area contributed by atoms with Gasteiger partial charge in [0, 0.05) is 43.3 Å². The summed E-state index contributed by atoms with van der Waals surface area (Å²) in [6, 6.07) is 5.22. The van der Waals surface area contributed by atoms with Gasteiger partial charge in [-0.3, -0.25) is 4.98 Å². The standard InChI is InChI=1S/C18H21N5O3/c24-18(21-13-3-4-15-16(10-13)26-9-8-25-15)22-14-2-1-7-23(12-14)17-11-19-5-6-20-17/h3-6,10-11,14H,1-2,7-9,12H2,(H2,21,22,24). The molecule has 26 heavy (non-hydrogen) atoms. The third-order valence-electron chi connectivity index (χ3n) is 4.43. The van der Waals surface area contributed by atoms with Crippen molar-refractivity contribution < 1.29 is 14.3 Å². The number of urea groups is 1. The molecule has 1 fully saturated rings. The van der Waals surface area contributed by atoms with Gasteiger partial charge >= 0.3 is 6.03 Å². The maximum absolute atomic E-state index is 12.4. The van der Waals surface area contributed by atoms with Gasteiger partial charge in [0.15, 0.2) is 11.5 Å². The molecular weight excluding hydrogens is 334 g/mol. The second-order valence-corrected chi connectivity index (χ2v) is 6.31. The van der Waals surface area contributed by atoms with Gasteiger partial charge in [-0.25, -0.2) is 9.78 Å². The normalized spacial score (nSPS) is 18.9. The van der Waals surface area contributed by atoms with Gasteiger partial charge in [-0.2, -0.15) is 0 Å². The highest BCUT2D eigenvalue weighted by molar-refractivity contribution is 5.90. The number of nitrogens with zero attached hydrogens (tertiary/aromatic N) is 3. The van der Waals surface area contributed by atoms with Crippen molar-refractivity contribution in [1.29, 1.82) is 0 Å². The van der Waals surface area contributed by atoms with Crippen LogP contribution in [0.3, 0.4) is 0 Å². The zero-order valence-electron chi connectivity index (χ0n) is 14.4. The van der Waals surface area contributed by atoms with E-state index in [1.165, 1.54) is 0 Å². The fourth-order valence-corrected chi connectivity index (χ4v) is 3.23. The zero-order valence-corrected chi connectivity index (χ0v) is 14.4. The Kier molecular flexibility index (Phi) is 4.72. The number of anilines is 2. The van der Waals surface area contributed by atoms with E-state index in [1.807, 2.05) is 0 Å². The molecule has 2 amide bonds. The molecule has 0 bridgehead atoms. The average Bonchev–Trinajstić information content (AvgIpc) is 2.69. The second kappa shape index (κ2) is 7.47. The summed E-state index contributed by atoms with van der Waals surface area (Å²) in [7, 11) is 0. The molecule has 136 valence electrons. The molecule has 8 nitrogen and oxygen atoms in total. The Hall–Kier alpha value is -3.03. The Morgan fingerprint density at radius 1 is 1.19 bits per heavy atom. The molecule has 1 aromatic carbocycles. The summed E-state index contributed by atoms with van der Waals surface area (Å²) in [4.78, 5) is 22.9. The molecule has 2 aliphatic heterocycles. The van der Waals surface area contributed by atoms with E-state index in [2.05, 4.69) is 25.5 Å². The summed E-state index contributed by atoms with van der Waals surface area (Å²) in [5.74, 6) is 2.20. The lowest BCUT2D eigenvalue weighted by atomic mass is 10.1. The van der Waals surface area contributed by atoms with Crippen LogP contribution in [0, 0.1) is 0 Å². The summed E-state index contributed by atoms with van der Waals surface area (Å²) < 4.78 is 11.0. The van der Waals surface area contributed by atoms with Crippen LogP contribution in [0.15, 0.2) is 36.8 Å². The maximum atomic E-state index is 12.4.